The minimum Gasteiger partial charge on any atom is -0.489 e. The third kappa shape index (κ3) is 4.18. The van der Waals surface area contributed by atoms with Crippen LogP contribution < -0.4 is 15.4 Å². The summed E-state index contributed by atoms with van der Waals surface area (Å²) in [4.78, 5) is 6.61. The molecule has 5 rings (SSSR count). The standard InChI is InChI=1S/C27H23N3O.ClH/c1-30(22-13-15-23(16-14-22)31-18-19-6-3-2-4-7-19)27(28)29-25-17-12-21-11-10-20-8-5-9-24(25)26(20)21;/h2-17H,18H2,1H3,(H2,28,29);1H. The fourth-order valence-corrected chi connectivity index (χ4v) is 3.84. The number of halogens is 1. The van der Waals surface area contributed by atoms with Crippen molar-refractivity contribution in [2.75, 3.05) is 11.9 Å². The van der Waals surface area contributed by atoms with Crippen LogP contribution in [0.3, 0.4) is 0 Å². The molecule has 0 amide bonds. The van der Waals surface area contributed by atoms with Gasteiger partial charge in [-0.05, 0) is 52.4 Å². The summed E-state index contributed by atoms with van der Waals surface area (Å²) in [7, 11) is 1.92. The van der Waals surface area contributed by atoms with E-state index in [1.165, 1.54) is 16.5 Å². The van der Waals surface area contributed by atoms with E-state index in [2.05, 4.69) is 48.6 Å². The molecule has 0 heterocycles. The zero-order chi connectivity index (χ0) is 21.2. The van der Waals surface area contributed by atoms with E-state index in [9.17, 15) is 0 Å². The van der Waals surface area contributed by atoms with Crippen LogP contribution in [-0.4, -0.2) is 13.0 Å². The zero-order valence-corrected chi connectivity index (χ0v) is 18.5. The summed E-state index contributed by atoms with van der Waals surface area (Å²) in [5, 5.41) is 2.35. The first-order valence-corrected chi connectivity index (χ1v) is 10.3. The number of benzene rings is 4. The quantitative estimate of drug-likeness (QED) is 0.253. The Balaban J connectivity index is 0.00000245. The molecule has 0 atom stereocenters. The van der Waals surface area contributed by atoms with Crippen LogP contribution >= 0.6 is 12.4 Å². The maximum atomic E-state index is 6.37. The highest BCUT2D eigenvalue weighted by atomic mass is 35.5. The third-order valence-electron chi connectivity index (χ3n) is 5.58. The molecule has 0 spiro atoms. The van der Waals surface area contributed by atoms with E-state index in [0.29, 0.717) is 12.6 Å². The van der Waals surface area contributed by atoms with E-state index in [1.54, 1.807) is 0 Å². The highest BCUT2D eigenvalue weighted by Crippen LogP contribution is 2.36. The van der Waals surface area contributed by atoms with Crippen molar-refractivity contribution in [3.8, 4) is 5.75 Å². The summed E-state index contributed by atoms with van der Waals surface area (Å²) in [5.74, 6) is 1.25. The summed E-state index contributed by atoms with van der Waals surface area (Å²) in [6, 6.07) is 28.4. The number of anilines is 1. The second-order valence-electron chi connectivity index (χ2n) is 7.57. The van der Waals surface area contributed by atoms with Crippen molar-refractivity contribution < 1.29 is 4.74 Å². The molecule has 4 aromatic rings. The Morgan fingerprint density at radius 1 is 0.844 bits per heavy atom. The van der Waals surface area contributed by atoms with E-state index < -0.39 is 0 Å². The van der Waals surface area contributed by atoms with Crippen LogP contribution in [-0.2, 0) is 6.61 Å². The topological polar surface area (TPSA) is 50.8 Å². The predicted octanol–water partition coefficient (Wildman–Crippen LogP) is 6.41. The molecule has 0 fully saturated rings. The van der Waals surface area contributed by atoms with Gasteiger partial charge < -0.3 is 15.4 Å². The van der Waals surface area contributed by atoms with Gasteiger partial charge in [0.2, 0.25) is 5.96 Å². The molecule has 0 radical (unpaired) electrons. The lowest BCUT2D eigenvalue weighted by Gasteiger charge is -2.19. The van der Waals surface area contributed by atoms with Crippen molar-refractivity contribution in [3.05, 3.63) is 102 Å². The van der Waals surface area contributed by atoms with Gasteiger partial charge in [-0.15, -0.1) is 12.4 Å². The van der Waals surface area contributed by atoms with Crippen LogP contribution in [0.4, 0.5) is 11.4 Å². The lowest BCUT2D eigenvalue weighted by atomic mass is 10.0. The first-order chi connectivity index (χ1) is 15.2. The molecular weight excluding hydrogens is 418 g/mol. The number of guanidine groups is 1. The summed E-state index contributed by atoms with van der Waals surface area (Å²) >= 11 is 0. The summed E-state index contributed by atoms with van der Waals surface area (Å²) in [6.45, 7) is 0.541. The van der Waals surface area contributed by atoms with E-state index in [1.807, 2.05) is 60.5 Å². The van der Waals surface area contributed by atoms with Crippen LogP contribution in [0, 0.1) is 0 Å². The summed E-state index contributed by atoms with van der Waals surface area (Å²) < 4.78 is 5.87. The first-order valence-electron chi connectivity index (χ1n) is 10.3. The normalized spacial score (nSPS) is 12.0. The lowest BCUT2D eigenvalue weighted by Crippen LogP contribution is -2.33. The Morgan fingerprint density at radius 3 is 2.31 bits per heavy atom. The number of nitrogens with two attached hydrogens (primary N) is 1. The highest BCUT2D eigenvalue weighted by molar-refractivity contribution is 6.10. The number of ether oxygens (including phenoxy) is 1. The molecule has 1 aliphatic carbocycles. The Hall–Kier alpha value is -3.76. The SMILES string of the molecule is CN(C(N)=Nc1ccc2c3c(cccc13)C=C2)c1ccc(OCc2ccccc2)cc1.Cl. The average molecular weight is 442 g/mol. The molecule has 0 unspecified atom stereocenters. The number of nitrogens with zero attached hydrogens (tertiary/aromatic N) is 2. The largest absolute Gasteiger partial charge is 0.489 e. The van der Waals surface area contributed by atoms with Gasteiger partial charge in [-0.2, -0.15) is 0 Å². The van der Waals surface area contributed by atoms with Gasteiger partial charge in [0.1, 0.15) is 12.4 Å². The number of rotatable bonds is 5. The van der Waals surface area contributed by atoms with E-state index >= 15 is 0 Å². The fourth-order valence-electron chi connectivity index (χ4n) is 3.84. The summed E-state index contributed by atoms with van der Waals surface area (Å²) in [5.41, 5.74) is 11.8. The Kier molecular flexibility index (Phi) is 6.15. The van der Waals surface area contributed by atoms with Crippen LogP contribution in [0.5, 0.6) is 5.75 Å². The summed E-state index contributed by atoms with van der Waals surface area (Å²) in [6.07, 6.45) is 4.28. The van der Waals surface area contributed by atoms with Crippen LogP contribution in [0.1, 0.15) is 16.7 Å². The molecule has 0 saturated carbocycles. The molecule has 0 aliphatic heterocycles. The Morgan fingerprint density at radius 2 is 1.56 bits per heavy atom. The van der Waals surface area contributed by atoms with Crippen molar-refractivity contribution >= 4 is 52.7 Å². The number of hydrogen-bond donors (Lipinski definition) is 1. The minimum absolute atomic E-state index is 0. The molecule has 4 nitrogen and oxygen atoms in total. The van der Waals surface area contributed by atoms with Gasteiger partial charge >= 0.3 is 0 Å². The molecule has 160 valence electrons. The van der Waals surface area contributed by atoms with Gasteiger partial charge in [0.05, 0.1) is 5.69 Å². The van der Waals surface area contributed by atoms with Crippen LogP contribution in [0.2, 0.25) is 0 Å². The molecule has 5 heteroatoms. The monoisotopic (exact) mass is 441 g/mol. The van der Waals surface area contributed by atoms with Gasteiger partial charge in [-0.1, -0.05) is 66.7 Å². The Labute approximate surface area is 194 Å². The van der Waals surface area contributed by atoms with Crippen molar-refractivity contribution in [1.82, 2.24) is 0 Å². The Bertz CT molecular complexity index is 1290. The van der Waals surface area contributed by atoms with Gasteiger partial charge in [0.15, 0.2) is 0 Å². The number of hydrogen-bond acceptors (Lipinski definition) is 2. The molecule has 0 aromatic heterocycles. The second-order valence-corrected chi connectivity index (χ2v) is 7.57. The minimum atomic E-state index is 0. The van der Waals surface area contributed by atoms with Gasteiger partial charge in [0, 0.05) is 18.1 Å². The maximum absolute atomic E-state index is 6.37. The van der Waals surface area contributed by atoms with Crippen molar-refractivity contribution in [2.24, 2.45) is 10.7 Å². The second kappa shape index (κ2) is 9.16. The first kappa shape index (κ1) is 21.5. The molecule has 4 aromatic carbocycles. The smallest absolute Gasteiger partial charge is 0.200 e. The number of aliphatic imine (C=N–C) groups is 1. The molecule has 1 aliphatic rings. The van der Waals surface area contributed by atoms with Crippen LogP contribution in [0.25, 0.3) is 22.9 Å². The van der Waals surface area contributed by atoms with E-state index in [0.717, 1.165) is 28.1 Å². The third-order valence-corrected chi connectivity index (χ3v) is 5.58. The van der Waals surface area contributed by atoms with Crippen molar-refractivity contribution in [1.29, 1.82) is 0 Å². The average Bonchev–Trinajstić information content (AvgIpc) is 3.24. The van der Waals surface area contributed by atoms with Crippen molar-refractivity contribution in [2.45, 2.75) is 6.61 Å². The highest BCUT2D eigenvalue weighted by Gasteiger charge is 2.13. The molecule has 2 N–H and O–H groups in total. The molecule has 32 heavy (non-hydrogen) atoms. The van der Waals surface area contributed by atoms with Gasteiger partial charge in [-0.3, -0.25) is 0 Å². The molecule has 0 saturated heterocycles. The fraction of sp³-hybridized carbons (Fsp3) is 0.0741. The van der Waals surface area contributed by atoms with E-state index in [-0.39, 0.29) is 12.4 Å². The lowest BCUT2D eigenvalue weighted by molar-refractivity contribution is 0.306. The molecule has 0 bridgehead atoms. The van der Waals surface area contributed by atoms with E-state index in [4.69, 9.17) is 15.5 Å². The molecular formula is C27H24ClN3O. The predicted molar refractivity (Wildman–Crippen MR) is 137 cm³/mol. The maximum Gasteiger partial charge on any atom is 0.200 e. The van der Waals surface area contributed by atoms with Crippen LogP contribution in [0.15, 0.2) is 89.9 Å². The zero-order valence-electron chi connectivity index (χ0n) is 17.7. The van der Waals surface area contributed by atoms with Crippen molar-refractivity contribution in [3.63, 3.8) is 0 Å². The van der Waals surface area contributed by atoms with Gasteiger partial charge in [0.25, 0.3) is 0 Å². The van der Waals surface area contributed by atoms with Gasteiger partial charge in [-0.25, -0.2) is 4.99 Å².